The van der Waals surface area contributed by atoms with Crippen molar-refractivity contribution in [2.24, 2.45) is 0 Å². The summed E-state index contributed by atoms with van der Waals surface area (Å²) in [6, 6.07) is 1.82. The third-order valence-electron chi connectivity index (χ3n) is 2.55. The van der Waals surface area contributed by atoms with E-state index in [0.29, 0.717) is 6.54 Å². The van der Waals surface area contributed by atoms with Gasteiger partial charge in [0.1, 0.15) is 18.0 Å². The van der Waals surface area contributed by atoms with Crippen molar-refractivity contribution >= 4 is 11.6 Å². The molecule has 0 aliphatic carbocycles. The number of anilines is 2. The van der Waals surface area contributed by atoms with Gasteiger partial charge >= 0.3 is 0 Å². The van der Waals surface area contributed by atoms with Gasteiger partial charge in [-0.2, -0.15) is 0 Å². The zero-order valence-corrected chi connectivity index (χ0v) is 10.6. The van der Waals surface area contributed by atoms with Gasteiger partial charge in [-0.15, -0.1) is 0 Å². The molecular formula is C12H17N5O. The number of nitrogens with zero attached hydrogens (tertiary/aromatic N) is 3. The molecule has 0 spiro atoms. The number of hydrogen-bond acceptors (Lipinski definition) is 6. The zero-order valence-electron chi connectivity index (χ0n) is 10.6. The van der Waals surface area contributed by atoms with Crippen LogP contribution < -0.4 is 10.6 Å². The monoisotopic (exact) mass is 247 g/mol. The minimum absolute atomic E-state index is 0.561. The maximum Gasteiger partial charge on any atom is 0.155 e. The molecule has 2 N–H and O–H groups in total. The molecule has 6 heteroatoms. The van der Waals surface area contributed by atoms with Gasteiger partial charge in [-0.25, -0.2) is 9.97 Å². The average Bonchev–Trinajstić information content (AvgIpc) is 2.89. The van der Waals surface area contributed by atoms with Crippen LogP contribution in [0.3, 0.4) is 0 Å². The van der Waals surface area contributed by atoms with Crippen LogP contribution in [0.5, 0.6) is 0 Å². The van der Waals surface area contributed by atoms with Crippen LogP contribution in [-0.4, -0.2) is 21.7 Å². The minimum atomic E-state index is 0.561. The molecule has 0 radical (unpaired) electrons. The average molecular weight is 247 g/mol. The van der Waals surface area contributed by atoms with Crippen LogP contribution in [0.1, 0.15) is 24.7 Å². The van der Waals surface area contributed by atoms with Crippen molar-refractivity contribution in [3.63, 3.8) is 0 Å². The summed E-state index contributed by atoms with van der Waals surface area (Å²) < 4.78 is 5.02. The number of rotatable bonds is 6. The Kier molecular flexibility index (Phi) is 4.11. The predicted octanol–water partition coefficient (Wildman–Crippen LogP) is 2.21. The van der Waals surface area contributed by atoms with Crippen molar-refractivity contribution in [2.75, 3.05) is 17.2 Å². The van der Waals surface area contributed by atoms with E-state index in [0.717, 1.165) is 35.9 Å². The van der Waals surface area contributed by atoms with E-state index in [1.165, 1.54) is 0 Å². The molecule has 2 aromatic rings. The highest BCUT2D eigenvalue weighted by Crippen LogP contribution is 2.18. The van der Waals surface area contributed by atoms with Crippen LogP contribution in [0, 0.1) is 6.92 Å². The lowest BCUT2D eigenvalue weighted by Gasteiger charge is -2.11. The van der Waals surface area contributed by atoms with Crippen LogP contribution in [0.4, 0.5) is 11.6 Å². The Hall–Kier alpha value is -2.11. The molecule has 0 atom stereocenters. The standard InChI is InChI=1S/C12H17N5O/c1-3-5-13-11-9(2)12(16-8-15-11)14-7-10-4-6-17-18-10/h4,6,8H,3,5,7H2,1-2H3,(H2,13,14,15,16). The molecule has 96 valence electrons. The number of aromatic nitrogens is 3. The smallest absolute Gasteiger partial charge is 0.155 e. The van der Waals surface area contributed by atoms with Crippen LogP contribution in [0.25, 0.3) is 0 Å². The summed E-state index contributed by atoms with van der Waals surface area (Å²) in [5.74, 6) is 2.45. The molecule has 2 rings (SSSR count). The Morgan fingerprint density at radius 2 is 2.00 bits per heavy atom. The van der Waals surface area contributed by atoms with E-state index in [4.69, 9.17) is 4.52 Å². The van der Waals surface area contributed by atoms with E-state index in [2.05, 4.69) is 32.7 Å². The van der Waals surface area contributed by atoms with E-state index in [9.17, 15) is 0 Å². The van der Waals surface area contributed by atoms with Crippen molar-refractivity contribution in [3.8, 4) is 0 Å². The van der Waals surface area contributed by atoms with Crippen molar-refractivity contribution in [3.05, 3.63) is 29.9 Å². The second-order valence-corrected chi connectivity index (χ2v) is 3.95. The number of hydrogen-bond donors (Lipinski definition) is 2. The summed E-state index contributed by atoms with van der Waals surface area (Å²) in [4.78, 5) is 8.45. The van der Waals surface area contributed by atoms with Gasteiger partial charge in [0.15, 0.2) is 5.76 Å². The Labute approximate surface area is 106 Å². The molecule has 2 aromatic heterocycles. The largest absolute Gasteiger partial charge is 0.370 e. The lowest BCUT2D eigenvalue weighted by Crippen LogP contribution is -2.08. The van der Waals surface area contributed by atoms with Crippen LogP contribution >= 0.6 is 0 Å². The Morgan fingerprint density at radius 3 is 2.67 bits per heavy atom. The summed E-state index contributed by atoms with van der Waals surface area (Å²) >= 11 is 0. The first-order valence-corrected chi connectivity index (χ1v) is 6.00. The van der Waals surface area contributed by atoms with Crippen molar-refractivity contribution < 1.29 is 4.52 Å². The minimum Gasteiger partial charge on any atom is -0.370 e. The second-order valence-electron chi connectivity index (χ2n) is 3.95. The lowest BCUT2D eigenvalue weighted by atomic mass is 10.3. The molecule has 0 aliphatic rings. The molecule has 0 bridgehead atoms. The molecular weight excluding hydrogens is 230 g/mol. The second kappa shape index (κ2) is 6.00. The van der Waals surface area contributed by atoms with E-state index in [1.54, 1.807) is 12.5 Å². The SMILES string of the molecule is CCCNc1ncnc(NCc2ccno2)c1C. The van der Waals surface area contributed by atoms with E-state index in [1.807, 2.05) is 13.0 Å². The first kappa shape index (κ1) is 12.3. The molecule has 6 nitrogen and oxygen atoms in total. The van der Waals surface area contributed by atoms with Crippen LogP contribution in [0.2, 0.25) is 0 Å². The summed E-state index contributed by atoms with van der Waals surface area (Å²) in [6.45, 7) is 5.57. The van der Waals surface area contributed by atoms with Crippen molar-refractivity contribution in [1.29, 1.82) is 0 Å². The molecule has 0 amide bonds. The van der Waals surface area contributed by atoms with Gasteiger partial charge in [0.2, 0.25) is 0 Å². The molecule has 2 heterocycles. The zero-order chi connectivity index (χ0) is 12.8. The summed E-state index contributed by atoms with van der Waals surface area (Å²) in [5, 5.41) is 10.1. The maximum atomic E-state index is 5.02. The molecule has 0 unspecified atom stereocenters. The molecule has 0 fully saturated rings. The Bertz CT molecular complexity index is 483. The Balaban J connectivity index is 2.03. The molecule has 0 saturated heterocycles. The Morgan fingerprint density at radius 1 is 1.22 bits per heavy atom. The fraction of sp³-hybridized carbons (Fsp3) is 0.417. The first-order chi connectivity index (χ1) is 8.81. The highest BCUT2D eigenvalue weighted by molar-refractivity contribution is 5.56. The highest BCUT2D eigenvalue weighted by Gasteiger charge is 2.06. The molecule has 0 aromatic carbocycles. The molecule has 18 heavy (non-hydrogen) atoms. The topological polar surface area (TPSA) is 75.9 Å². The van der Waals surface area contributed by atoms with E-state index in [-0.39, 0.29) is 0 Å². The van der Waals surface area contributed by atoms with E-state index >= 15 is 0 Å². The first-order valence-electron chi connectivity index (χ1n) is 6.00. The van der Waals surface area contributed by atoms with Gasteiger partial charge in [0, 0.05) is 18.2 Å². The fourth-order valence-corrected chi connectivity index (χ4v) is 1.55. The van der Waals surface area contributed by atoms with Gasteiger partial charge < -0.3 is 15.2 Å². The van der Waals surface area contributed by atoms with Gasteiger partial charge in [-0.05, 0) is 13.3 Å². The van der Waals surface area contributed by atoms with Crippen LogP contribution in [-0.2, 0) is 6.54 Å². The van der Waals surface area contributed by atoms with Crippen molar-refractivity contribution in [2.45, 2.75) is 26.8 Å². The van der Waals surface area contributed by atoms with Crippen molar-refractivity contribution in [1.82, 2.24) is 15.1 Å². The summed E-state index contributed by atoms with van der Waals surface area (Å²) in [5.41, 5.74) is 1.01. The van der Waals surface area contributed by atoms with Crippen LogP contribution in [0.15, 0.2) is 23.1 Å². The summed E-state index contributed by atoms with van der Waals surface area (Å²) in [7, 11) is 0. The summed E-state index contributed by atoms with van der Waals surface area (Å²) in [6.07, 6.45) is 4.23. The van der Waals surface area contributed by atoms with Gasteiger partial charge in [0.25, 0.3) is 0 Å². The highest BCUT2D eigenvalue weighted by atomic mass is 16.5. The molecule has 0 aliphatic heterocycles. The fourth-order valence-electron chi connectivity index (χ4n) is 1.55. The molecule has 0 saturated carbocycles. The van der Waals surface area contributed by atoms with Gasteiger partial charge in [-0.3, -0.25) is 0 Å². The number of nitrogens with one attached hydrogen (secondary N) is 2. The lowest BCUT2D eigenvalue weighted by molar-refractivity contribution is 0.388. The predicted molar refractivity (Wildman–Crippen MR) is 69.4 cm³/mol. The quantitative estimate of drug-likeness (QED) is 0.815. The third-order valence-corrected chi connectivity index (χ3v) is 2.55. The third kappa shape index (κ3) is 2.97. The van der Waals surface area contributed by atoms with Gasteiger partial charge in [0.05, 0.1) is 12.7 Å². The normalized spacial score (nSPS) is 10.3. The maximum absolute atomic E-state index is 5.02. The van der Waals surface area contributed by atoms with Gasteiger partial charge in [-0.1, -0.05) is 12.1 Å². The van der Waals surface area contributed by atoms with E-state index < -0.39 is 0 Å².